The fraction of sp³-hybridized carbons (Fsp3) is 0.205. The number of likely N-dealkylation sites (N-methyl/N-ethyl adjacent to an activating group) is 1. The molecule has 1 aliphatic heterocycles. The molecule has 3 aromatic carbocycles. The van der Waals surface area contributed by atoms with Gasteiger partial charge in [-0.2, -0.15) is 29.0 Å². The molecular formula is C39H31F3N4O4S. The van der Waals surface area contributed by atoms with Crippen LogP contribution in [0.3, 0.4) is 0 Å². The van der Waals surface area contributed by atoms with E-state index in [2.05, 4.69) is 0 Å². The van der Waals surface area contributed by atoms with Crippen LogP contribution < -0.4 is 9.64 Å². The fourth-order valence-electron chi connectivity index (χ4n) is 5.89. The van der Waals surface area contributed by atoms with Gasteiger partial charge in [0, 0.05) is 46.2 Å². The highest BCUT2D eigenvalue weighted by Gasteiger charge is 2.66. The van der Waals surface area contributed by atoms with Gasteiger partial charge < -0.3 is 24.6 Å². The number of halogens is 3. The van der Waals surface area contributed by atoms with Crippen molar-refractivity contribution in [3.8, 4) is 29.7 Å². The van der Waals surface area contributed by atoms with Crippen molar-refractivity contribution in [3.05, 3.63) is 129 Å². The number of rotatable bonds is 11. The molecule has 0 saturated carbocycles. The predicted molar refractivity (Wildman–Crippen MR) is 188 cm³/mol. The molecule has 12 heteroatoms. The van der Waals surface area contributed by atoms with Crippen LogP contribution in [0, 0.1) is 39.9 Å². The fourth-order valence-corrected chi connectivity index (χ4v) is 6.71. The number of phenols is 1. The molecule has 3 atom stereocenters. The molecule has 2 N–H and O–H groups in total. The Bertz CT molecular complexity index is 2070. The summed E-state index contributed by atoms with van der Waals surface area (Å²) in [7, 11) is 1.86. The van der Waals surface area contributed by atoms with E-state index < -0.39 is 40.7 Å². The molecule has 1 fully saturated rings. The summed E-state index contributed by atoms with van der Waals surface area (Å²) < 4.78 is 55.7. The average molecular weight is 709 g/mol. The van der Waals surface area contributed by atoms with Crippen LogP contribution in [0.5, 0.6) is 11.5 Å². The molecule has 0 bridgehead atoms. The van der Waals surface area contributed by atoms with E-state index in [0.717, 1.165) is 21.7 Å². The second-order valence-corrected chi connectivity index (χ2v) is 12.7. The molecule has 1 saturated heterocycles. The molecule has 0 aliphatic carbocycles. The minimum Gasteiger partial charge on any atom is -0.508 e. The topological polar surface area (TPSA) is 134 Å². The number of hydrogen-bond donors (Lipinski definition) is 2. The Labute approximate surface area is 297 Å². The number of benzene rings is 3. The highest BCUT2D eigenvalue weighted by atomic mass is 32.1. The summed E-state index contributed by atoms with van der Waals surface area (Å²) in [5.41, 5.74) is -0.740. The summed E-state index contributed by atoms with van der Waals surface area (Å²) in [6.45, 7) is 0.750. The van der Waals surface area contributed by atoms with Crippen molar-refractivity contribution in [2.24, 2.45) is 5.92 Å². The van der Waals surface area contributed by atoms with E-state index in [0.29, 0.717) is 23.8 Å². The van der Waals surface area contributed by atoms with Gasteiger partial charge in [0.15, 0.2) is 5.57 Å². The Morgan fingerprint density at radius 2 is 1.65 bits per heavy atom. The third kappa shape index (κ3) is 7.76. The quantitative estimate of drug-likeness (QED) is 0.150. The van der Waals surface area contributed by atoms with Crippen LogP contribution in [0.25, 0.3) is 18.2 Å². The van der Waals surface area contributed by atoms with Crippen molar-refractivity contribution in [1.82, 2.24) is 0 Å². The van der Waals surface area contributed by atoms with Gasteiger partial charge in [-0.15, -0.1) is 11.3 Å². The van der Waals surface area contributed by atoms with Crippen LogP contribution in [0.4, 0.5) is 18.9 Å². The van der Waals surface area contributed by atoms with Gasteiger partial charge in [-0.1, -0.05) is 54.6 Å². The number of anilines is 1. The number of hydrogen-bond acceptors (Lipinski definition) is 9. The number of ether oxygens (including phenoxy) is 2. The van der Waals surface area contributed by atoms with Crippen molar-refractivity contribution in [1.29, 1.82) is 15.8 Å². The Kier molecular flexibility index (Phi) is 11.2. The van der Waals surface area contributed by atoms with Crippen molar-refractivity contribution >= 4 is 35.3 Å². The van der Waals surface area contributed by atoms with E-state index in [4.69, 9.17) is 9.47 Å². The van der Waals surface area contributed by atoms with Crippen LogP contribution in [-0.4, -0.2) is 42.7 Å². The molecule has 0 radical (unpaired) electrons. The van der Waals surface area contributed by atoms with Gasteiger partial charge in [0.2, 0.25) is 6.10 Å². The summed E-state index contributed by atoms with van der Waals surface area (Å²) in [5, 5.41) is 49.4. The number of aliphatic hydroxyl groups is 1. The maximum absolute atomic E-state index is 14.7. The number of nitriles is 3. The molecule has 1 aromatic heterocycles. The van der Waals surface area contributed by atoms with E-state index in [1.54, 1.807) is 12.1 Å². The van der Waals surface area contributed by atoms with E-state index in [9.17, 15) is 39.2 Å². The summed E-state index contributed by atoms with van der Waals surface area (Å²) >= 11 is 1.26. The Hall–Kier alpha value is -6.00. The molecule has 51 heavy (non-hydrogen) atoms. The minimum absolute atomic E-state index is 0.0131. The highest BCUT2D eigenvalue weighted by molar-refractivity contribution is 7.13. The number of phenolic OH excluding ortho intramolecular Hbond substituents is 1. The molecule has 3 unspecified atom stereocenters. The van der Waals surface area contributed by atoms with E-state index in [-0.39, 0.29) is 12.2 Å². The van der Waals surface area contributed by atoms with Gasteiger partial charge >= 0.3 is 6.18 Å². The lowest BCUT2D eigenvalue weighted by molar-refractivity contribution is -0.211. The Balaban J connectivity index is 1.51. The van der Waals surface area contributed by atoms with E-state index in [1.807, 2.05) is 78.7 Å². The average Bonchev–Trinajstić information content (AvgIpc) is 3.73. The summed E-state index contributed by atoms with van der Waals surface area (Å²) in [4.78, 5) is 3.19. The van der Waals surface area contributed by atoms with E-state index in [1.165, 1.54) is 59.9 Å². The van der Waals surface area contributed by atoms with Crippen LogP contribution in [0.15, 0.2) is 102 Å². The van der Waals surface area contributed by atoms with Crippen LogP contribution in [0.2, 0.25) is 0 Å². The first-order valence-corrected chi connectivity index (χ1v) is 16.4. The smallest absolute Gasteiger partial charge is 0.426 e. The predicted octanol–water partition coefficient (Wildman–Crippen LogP) is 7.98. The van der Waals surface area contributed by atoms with Crippen LogP contribution >= 0.6 is 11.3 Å². The van der Waals surface area contributed by atoms with Gasteiger partial charge in [0.1, 0.15) is 41.9 Å². The number of thiophene rings is 1. The molecule has 8 nitrogen and oxygen atoms in total. The molecule has 4 aromatic rings. The molecule has 2 heterocycles. The number of nitrogens with zero attached hydrogens (tertiary/aromatic N) is 4. The lowest BCUT2D eigenvalue weighted by Gasteiger charge is -2.34. The summed E-state index contributed by atoms with van der Waals surface area (Å²) in [5.74, 6) is -2.37. The number of aliphatic hydroxyl groups excluding tert-OH is 1. The second kappa shape index (κ2) is 15.7. The Morgan fingerprint density at radius 3 is 2.29 bits per heavy atom. The van der Waals surface area contributed by atoms with Crippen LogP contribution in [-0.2, 0) is 16.8 Å². The zero-order valence-corrected chi connectivity index (χ0v) is 28.0. The number of aromatic hydroxyl groups is 1. The maximum atomic E-state index is 14.7. The molecule has 1 aliphatic rings. The second-order valence-electron chi connectivity index (χ2n) is 11.6. The third-order valence-corrected chi connectivity index (χ3v) is 9.41. The van der Waals surface area contributed by atoms with Crippen molar-refractivity contribution in [2.75, 3.05) is 25.1 Å². The van der Waals surface area contributed by atoms with E-state index >= 15 is 0 Å². The number of para-hydroxylation sites is 1. The lowest BCUT2D eigenvalue weighted by Crippen LogP contribution is -2.47. The van der Waals surface area contributed by atoms with Gasteiger partial charge in [-0.3, -0.25) is 0 Å². The number of alkyl halides is 3. The normalized spacial score (nSPS) is 18.6. The third-order valence-electron chi connectivity index (χ3n) is 8.39. The molecule has 5 rings (SSSR count). The molecule has 0 amide bonds. The minimum atomic E-state index is -5.06. The molecule has 258 valence electrons. The van der Waals surface area contributed by atoms with Gasteiger partial charge in [-0.05, 0) is 54.1 Å². The van der Waals surface area contributed by atoms with Gasteiger partial charge in [-0.25, -0.2) is 0 Å². The lowest BCUT2D eigenvalue weighted by atomic mass is 9.67. The first-order valence-electron chi connectivity index (χ1n) is 15.6. The zero-order chi connectivity index (χ0) is 36.6. The monoisotopic (exact) mass is 708 g/mol. The maximum Gasteiger partial charge on any atom is 0.426 e. The largest absolute Gasteiger partial charge is 0.508 e. The number of allylic oxidation sites excluding steroid dienone is 2. The first kappa shape index (κ1) is 36.3. The van der Waals surface area contributed by atoms with Crippen molar-refractivity contribution in [3.63, 3.8) is 0 Å². The van der Waals surface area contributed by atoms with Crippen molar-refractivity contribution < 1.29 is 32.9 Å². The van der Waals surface area contributed by atoms with Gasteiger partial charge in [0.25, 0.3) is 0 Å². The van der Waals surface area contributed by atoms with Crippen LogP contribution in [0.1, 0.15) is 26.4 Å². The van der Waals surface area contributed by atoms with Gasteiger partial charge in [0.05, 0.1) is 18.1 Å². The standard InChI is InChI=1S/C39H31F3N4O4S/c1-46(19-20-47)29-13-11-27(35(21-29)49-25-26-7-3-2-4-8-26)12-14-30-15-16-31(51-30)17-18-38(32-9-5-6-10-34(32)48)33(24-45)36(28(22-43)23-44)50-37(38)39(40,41)42/h2-18,21,33,37,47-48H,19-20,25H2,1H3/b14-12+,18-17+. The zero-order valence-electron chi connectivity index (χ0n) is 27.2. The molecule has 0 spiro atoms. The summed E-state index contributed by atoms with van der Waals surface area (Å²) in [6, 6.07) is 29.1. The molecular weight excluding hydrogens is 678 g/mol. The first-order chi connectivity index (χ1) is 24.5. The summed E-state index contributed by atoms with van der Waals surface area (Å²) in [6.07, 6.45) is -1.47. The SMILES string of the molecule is CN(CCO)c1ccc(/C=C/c2ccc(/C=C/C3(c4ccccc4O)C(C#N)C(=C(C#N)C#N)OC3C(F)(F)F)s2)c(OCc2ccccc2)c1. The van der Waals surface area contributed by atoms with Crippen molar-refractivity contribution in [2.45, 2.75) is 24.3 Å². The Morgan fingerprint density at radius 1 is 0.961 bits per heavy atom. The highest BCUT2D eigenvalue weighted by Crippen LogP contribution is 2.56.